The molecule has 1 fully saturated rings. The summed E-state index contributed by atoms with van der Waals surface area (Å²) in [4.78, 5) is 14.2. The second kappa shape index (κ2) is 6.87. The van der Waals surface area contributed by atoms with Crippen molar-refractivity contribution in [1.29, 1.82) is 0 Å². The van der Waals surface area contributed by atoms with Gasteiger partial charge in [-0.1, -0.05) is 12.1 Å². The monoisotopic (exact) mass is 312 g/mol. The predicted octanol–water partition coefficient (Wildman–Crippen LogP) is 1.51. The highest BCUT2D eigenvalue weighted by atomic mass is 79.9. The van der Waals surface area contributed by atoms with E-state index in [4.69, 9.17) is 4.74 Å². The summed E-state index contributed by atoms with van der Waals surface area (Å²) in [6.07, 6.45) is 0. The third-order valence-corrected chi connectivity index (χ3v) is 3.63. The molecule has 4 nitrogen and oxygen atoms in total. The fraction of sp³-hybridized carbons (Fsp3) is 0.462. The van der Waals surface area contributed by atoms with Crippen LogP contribution in [0, 0.1) is 0 Å². The van der Waals surface area contributed by atoms with E-state index in [9.17, 15) is 4.79 Å². The van der Waals surface area contributed by atoms with Gasteiger partial charge in [-0.3, -0.25) is 9.69 Å². The van der Waals surface area contributed by atoms with E-state index in [0.29, 0.717) is 12.1 Å². The summed E-state index contributed by atoms with van der Waals surface area (Å²) in [6.45, 7) is 5.02. The average molecular weight is 313 g/mol. The molecular weight excluding hydrogens is 296 g/mol. The van der Waals surface area contributed by atoms with Crippen molar-refractivity contribution in [3.8, 4) is 0 Å². The molecule has 0 unspecified atom stereocenters. The summed E-state index contributed by atoms with van der Waals surface area (Å²) in [5, 5.41) is 2.94. The number of carbonyl (C=O) groups is 1. The van der Waals surface area contributed by atoms with Crippen molar-refractivity contribution in [3.63, 3.8) is 0 Å². The van der Waals surface area contributed by atoms with Crippen molar-refractivity contribution in [2.24, 2.45) is 0 Å². The molecule has 1 N–H and O–H groups in total. The number of nitrogens with zero attached hydrogens (tertiary/aromatic N) is 1. The highest BCUT2D eigenvalue weighted by Gasteiger charge is 2.11. The summed E-state index contributed by atoms with van der Waals surface area (Å²) < 4.78 is 6.10. The average Bonchev–Trinajstić information content (AvgIpc) is 2.40. The van der Waals surface area contributed by atoms with Gasteiger partial charge in [0.15, 0.2) is 0 Å². The van der Waals surface area contributed by atoms with Gasteiger partial charge in [0.05, 0.1) is 18.8 Å². The Morgan fingerprint density at radius 3 is 2.78 bits per heavy atom. The van der Waals surface area contributed by atoms with Gasteiger partial charge >= 0.3 is 0 Å². The lowest BCUT2D eigenvalue weighted by Crippen LogP contribution is -2.41. The number of hydrogen-bond donors (Lipinski definition) is 1. The number of nitrogens with one attached hydrogen (secondary N) is 1. The Kier molecular flexibility index (Phi) is 5.16. The minimum absolute atomic E-state index is 0.0317. The molecular formula is C13H17BrN2O2. The molecule has 18 heavy (non-hydrogen) atoms. The highest BCUT2D eigenvalue weighted by Crippen LogP contribution is 2.15. The van der Waals surface area contributed by atoms with Crippen molar-refractivity contribution in [2.45, 2.75) is 0 Å². The second-order valence-corrected chi connectivity index (χ2v) is 5.04. The van der Waals surface area contributed by atoms with Gasteiger partial charge < -0.3 is 10.1 Å². The van der Waals surface area contributed by atoms with Gasteiger partial charge in [0, 0.05) is 30.7 Å². The maximum Gasteiger partial charge on any atom is 0.252 e. The van der Waals surface area contributed by atoms with Crippen LogP contribution in [0.4, 0.5) is 0 Å². The third kappa shape index (κ3) is 3.80. The van der Waals surface area contributed by atoms with E-state index in [2.05, 4.69) is 26.1 Å². The van der Waals surface area contributed by atoms with Crippen LogP contribution in [-0.2, 0) is 4.74 Å². The summed E-state index contributed by atoms with van der Waals surface area (Å²) in [5.41, 5.74) is 0.680. The molecule has 1 aromatic carbocycles. The molecule has 1 amide bonds. The van der Waals surface area contributed by atoms with Crippen LogP contribution in [0.1, 0.15) is 10.4 Å². The van der Waals surface area contributed by atoms with Crippen LogP contribution in [0.3, 0.4) is 0 Å². The summed E-state index contributed by atoms with van der Waals surface area (Å²) in [6, 6.07) is 7.45. The SMILES string of the molecule is O=C(NCCN1CCOCC1)c1ccccc1Br. The Morgan fingerprint density at radius 1 is 1.33 bits per heavy atom. The van der Waals surface area contributed by atoms with Gasteiger partial charge in [-0.05, 0) is 28.1 Å². The first-order valence-corrected chi connectivity index (χ1v) is 6.89. The van der Waals surface area contributed by atoms with Crippen LogP contribution in [0.15, 0.2) is 28.7 Å². The fourth-order valence-electron chi connectivity index (χ4n) is 1.89. The molecule has 5 heteroatoms. The molecule has 1 aliphatic heterocycles. The Morgan fingerprint density at radius 2 is 2.06 bits per heavy atom. The number of amides is 1. The molecule has 0 radical (unpaired) electrons. The zero-order valence-electron chi connectivity index (χ0n) is 10.2. The van der Waals surface area contributed by atoms with Gasteiger partial charge in [0.25, 0.3) is 5.91 Å². The molecule has 1 saturated heterocycles. The molecule has 0 aliphatic carbocycles. The number of hydrogen-bond acceptors (Lipinski definition) is 3. The minimum atomic E-state index is -0.0317. The molecule has 98 valence electrons. The third-order valence-electron chi connectivity index (χ3n) is 2.94. The first-order chi connectivity index (χ1) is 8.77. The number of halogens is 1. The second-order valence-electron chi connectivity index (χ2n) is 4.19. The Hall–Kier alpha value is -0.910. The van der Waals surface area contributed by atoms with Crippen LogP contribution in [0.2, 0.25) is 0 Å². The number of benzene rings is 1. The zero-order chi connectivity index (χ0) is 12.8. The van der Waals surface area contributed by atoms with E-state index in [-0.39, 0.29) is 5.91 Å². The summed E-state index contributed by atoms with van der Waals surface area (Å²) in [7, 11) is 0. The van der Waals surface area contributed by atoms with Crippen molar-refractivity contribution >= 4 is 21.8 Å². The lowest BCUT2D eigenvalue weighted by molar-refractivity contribution is 0.0383. The molecule has 0 saturated carbocycles. The number of rotatable bonds is 4. The van der Waals surface area contributed by atoms with E-state index in [0.717, 1.165) is 37.3 Å². The predicted molar refractivity (Wildman–Crippen MR) is 73.7 cm³/mol. The zero-order valence-corrected chi connectivity index (χ0v) is 11.8. The fourth-order valence-corrected chi connectivity index (χ4v) is 2.36. The molecule has 0 atom stereocenters. The molecule has 0 spiro atoms. The van der Waals surface area contributed by atoms with Crippen molar-refractivity contribution in [3.05, 3.63) is 34.3 Å². The minimum Gasteiger partial charge on any atom is -0.379 e. The van der Waals surface area contributed by atoms with E-state index in [1.54, 1.807) is 0 Å². The maximum absolute atomic E-state index is 11.9. The molecule has 2 rings (SSSR count). The highest BCUT2D eigenvalue weighted by molar-refractivity contribution is 9.10. The first-order valence-electron chi connectivity index (χ1n) is 6.10. The normalized spacial score (nSPS) is 16.5. The number of morpholine rings is 1. The first kappa shape index (κ1) is 13.5. The maximum atomic E-state index is 11.9. The smallest absolute Gasteiger partial charge is 0.252 e. The van der Waals surface area contributed by atoms with E-state index < -0.39 is 0 Å². The summed E-state index contributed by atoms with van der Waals surface area (Å²) in [5.74, 6) is -0.0317. The molecule has 0 aromatic heterocycles. The van der Waals surface area contributed by atoms with Crippen molar-refractivity contribution in [1.82, 2.24) is 10.2 Å². The lowest BCUT2D eigenvalue weighted by atomic mass is 10.2. The van der Waals surface area contributed by atoms with Crippen LogP contribution in [0.25, 0.3) is 0 Å². The number of ether oxygens (including phenoxy) is 1. The van der Waals surface area contributed by atoms with Gasteiger partial charge in [0.2, 0.25) is 0 Å². The van der Waals surface area contributed by atoms with Crippen LogP contribution < -0.4 is 5.32 Å². The topological polar surface area (TPSA) is 41.6 Å². The Balaban J connectivity index is 1.76. The van der Waals surface area contributed by atoms with Crippen molar-refractivity contribution in [2.75, 3.05) is 39.4 Å². The molecule has 0 bridgehead atoms. The molecule has 1 aliphatic rings. The van der Waals surface area contributed by atoms with Crippen molar-refractivity contribution < 1.29 is 9.53 Å². The van der Waals surface area contributed by atoms with Gasteiger partial charge in [-0.15, -0.1) is 0 Å². The van der Waals surface area contributed by atoms with Crippen LogP contribution in [-0.4, -0.2) is 50.2 Å². The van der Waals surface area contributed by atoms with E-state index in [1.165, 1.54) is 0 Å². The number of carbonyl (C=O) groups excluding carboxylic acids is 1. The Bertz CT molecular complexity index is 406. The molecule has 1 heterocycles. The lowest BCUT2D eigenvalue weighted by Gasteiger charge is -2.26. The summed E-state index contributed by atoms with van der Waals surface area (Å²) >= 11 is 3.38. The van der Waals surface area contributed by atoms with Gasteiger partial charge in [0.1, 0.15) is 0 Å². The largest absolute Gasteiger partial charge is 0.379 e. The van der Waals surface area contributed by atoms with Gasteiger partial charge in [-0.2, -0.15) is 0 Å². The van der Waals surface area contributed by atoms with E-state index in [1.807, 2.05) is 24.3 Å². The van der Waals surface area contributed by atoms with Gasteiger partial charge in [-0.25, -0.2) is 0 Å². The van der Waals surface area contributed by atoms with Crippen LogP contribution >= 0.6 is 15.9 Å². The molecule has 1 aromatic rings. The van der Waals surface area contributed by atoms with Crippen LogP contribution in [0.5, 0.6) is 0 Å². The standard InChI is InChI=1S/C13H17BrN2O2/c14-12-4-2-1-3-11(12)13(17)15-5-6-16-7-9-18-10-8-16/h1-4H,5-10H2,(H,15,17). The van der Waals surface area contributed by atoms with E-state index >= 15 is 0 Å². The Labute approximate surface area is 115 Å². The quantitative estimate of drug-likeness (QED) is 0.916.